The summed E-state index contributed by atoms with van der Waals surface area (Å²) in [6.45, 7) is 0.714. The maximum absolute atomic E-state index is 12.5. The molecule has 1 aliphatic carbocycles. The standard InChI is InChI=1S/C11H15F3N2S/c12-11(13,14)8-1-3-9(4-2-8)16-6-10-5-15-7-17-10/h5,7-9,16H,1-4,6H2. The van der Waals surface area contributed by atoms with Crippen molar-refractivity contribution in [2.75, 3.05) is 0 Å². The molecule has 0 aromatic carbocycles. The molecule has 1 aliphatic rings. The summed E-state index contributed by atoms with van der Waals surface area (Å²) in [6, 6.07) is 0.218. The third-order valence-electron chi connectivity index (χ3n) is 3.24. The fourth-order valence-corrected chi connectivity index (χ4v) is 2.74. The van der Waals surface area contributed by atoms with Crippen LogP contribution in [0.25, 0.3) is 0 Å². The van der Waals surface area contributed by atoms with Crippen LogP contribution in [0.15, 0.2) is 11.7 Å². The van der Waals surface area contributed by atoms with Crippen LogP contribution in [-0.2, 0) is 6.54 Å². The lowest BCUT2D eigenvalue weighted by Crippen LogP contribution is -2.36. The summed E-state index contributed by atoms with van der Waals surface area (Å²) >= 11 is 1.56. The molecule has 2 nitrogen and oxygen atoms in total. The van der Waals surface area contributed by atoms with Gasteiger partial charge in [-0.3, -0.25) is 4.98 Å². The molecule has 2 rings (SSSR count). The van der Waals surface area contributed by atoms with E-state index in [1.807, 2.05) is 0 Å². The summed E-state index contributed by atoms with van der Waals surface area (Å²) in [7, 11) is 0. The summed E-state index contributed by atoms with van der Waals surface area (Å²) in [5.41, 5.74) is 1.76. The molecule has 96 valence electrons. The molecule has 1 heterocycles. The van der Waals surface area contributed by atoms with E-state index in [0.717, 1.165) is 4.88 Å². The van der Waals surface area contributed by atoms with Gasteiger partial charge in [-0.15, -0.1) is 11.3 Å². The first-order chi connectivity index (χ1) is 8.05. The molecule has 0 aliphatic heterocycles. The molecule has 0 spiro atoms. The van der Waals surface area contributed by atoms with Gasteiger partial charge in [0.2, 0.25) is 0 Å². The van der Waals surface area contributed by atoms with Gasteiger partial charge in [-0.05, 0) is 25.7 Å². The highest BCUT2D eigenvalue weighted by molar-refractivity contribution is 7.09. The Morgan fingerprint density at radius 3 is 2.53 bits per heavy atom. The topological polar surface area (TPSA) is 24.9 Å². The Bertz CT molecular complexity index is 329. The fraction of sp³-hybridized carbons (Fsp3) is 0.727. The zero-order chi connectivity index (χ0) is 12.3. The van der Waals surface area contributed by atoms with Crippen molar-refractivity contribution in [2.24, 2.45) is 5.92 Å². The van der Waals surface area contributed by atoms with E-state index < -0.39 is 12.1 Å². The molecule has 0 radical (unpaired) electrons. The van der Waals surface area contributed by atoms with Crippen molar-refractivity contribution < 1.29 is 13.2 Å². The minimum Gasteiger partial charge on any atom is -0.309 e. The highest BCUT2D eigenvalue weighted by atomic mass is 32.1. The van der Waals surface area contributed by atoms with Gasteiger partial charge in [-0.1, -0.05) is 0 Å². The molecule has 1 fully saturated rings. The van der Waals surface area contributed by atoms with Crippen LogP contribution in [-0.4, -0.2) is 17.2 Å². The largest absolute Gasteiger partial charge is 0.391 e. The van der Waals surface area contributed by atoms with Crippen LogP contribution >= 0.6 is 11.3 Å². The lowest BCUT2D eigenvalue weighted by atomic mass is 9.85. The molecular weight excluding hydrogens is 249 g/mol. The Balaban J connectivity index is 1.72. The normalized spacial score (nSPS) is 26.1. The van der Waals surface area contributed by atoms with E-state index in [2.05, 4.69) is 10.3 Å². The molecule has 1 saturated carbocycles. The van der Waals surface area contributed by atoms with E-state index in [1.54, 1.807) is 23.0 Å². The number of halogens is 3. The summed E-state index contributed by atoms with van der Waals surface area (Å²) in [5, 5.41) is 3.30. The number of aromatic nitrogens is 1. The number of hydrogen-bond donors (Lipinski definition) is 1. The van der Waals surface area contributed by atoms with Gasteiger partial charge in [0.15, 0.2) is 0 Å². The molecule has 0 atom stereocenters. The van der Waals surface area contributed by atoms with Crippen LogP contribution in [0.1, 0.15) is 30.6 Å². The zero-order valence-corrected chi connectivity index (χ0v) is 10.2. The van der Waals surface area contributed by atoms with Crippen molar-refractivity contribution in [3.63, 3.8) is 0 Å². The molecule has 6 heteroatoms. The highest BCUT2D eigenvalue weighted by Gasteiger charge is 2.41. The smallest absolute Gasteiger partial charge is 0.309 e. The highest BCUT2D eigenvalue weighted by Crippen LogP contribution is 2.37. The summed E-state index contributed by atoms with van der Waals surface area (Å²) in [6.07, 6.45) is -0.485. The summed E-state index contributed by atoms with van der Waals surface area (Å²) in [4.78, 5) is 5.09. The van der Waals surface area contributed by atoms with E-state index in [0.29, 0.717) is 19.4 Å². The van der Waals surface area contributed by atoms with Crippen molar-refractivity contribution >= 4 is 11.3 Å². The van der Waals surface area contributed by atoms with Crippen molar-refractivity contribution in [1.82, 2.24) is 10.3 Å². The second kappa shape index (κ2) is 5.35. The van der Waals surface area contributed by atoms with E-state index in [1.165, 1.54) is 0 Å². The number of rotatable bonds is 3. The van der Waals surface area contributed by atoms with Crippen molar-refractivity contribution in [3.05, 3.63) is 16.6 Å². The van der Waals surface area contributed by atoms with Crippen molar-refractivity contribution in [3.8, 4) is 0 Å². The van der Waals surface area contributed by atoms with Crippen LogP contribution in [0.2, 0.25) is 0 Å². The first-order valence-electron chi connectivity index (χ1n) is 5.73. The van der Waals surface area contributed by atoms with Crippen LogP contribution in [0.4, 0.5) is 13.2 Å². The first kappa shape index (κ1) is 12.8. The molecule has 0 bridgehead atoms. The molecule has 17 heavy (non-hydrogen) atoms. The zero-order valence-electron chi connectivity index (χ0n) is 9.33. The van der Waals surface area contributed by atoms with Crippen LogP contribution in [0.5, 0.6) is 0 Å². The van der Waals surface area contributed by atoms with Crippen LogP contribution < -0.4 is 5.32 Å². The minimum atomic E-state index is -4.01. The Hall–Kier alpha value is -0.620. The Labute approximate surface area is 102 Å². The third kappa shape index (κ3) is 3.67. The van der Waals surface area contributed by atoms with E-state index in [-0.39, 0.29) is 18.9 Å². The Morgan fingerprint density at radius 1 is 1.29 bits per heavy atom. The third-order valence-corrected chi connectivity index (χ3v) is 4.02. The molecule has 1 aromatic heterocycles. The molecule has 0 amide bonds. The van der Waals surface area contributed by atoms with Gasteiger partial charge >= 0.3 is 6.18 Å². The minimum absolute atomic E-state index is 0.218. The van der Waals surface area contributed by atoms with Crippen molar-refractivity contribution in [2.45, 2.75) is 44.4 Å². The number of thiazole rings is 1. The number of alkyl halides is 3. The van der Waals surface area contributed by atoms with Gasteiger partial charge in [0.1, 0.15) is 0 Å². The summed E-state index contributed by atoms with van der Waals surface area (Å²) < 4.78 is 37.4. The second-order valence-corrected chi connectivity index (χ2v) is 5.41. The Kier molecular flexibility index (Phi) is 4.04. The number of nitrogens with zero attached hydrogens (tertiary/aromatic N) is 1. The van der Waals surface area contributed by atoms with Gasteiger partial charge in [-0.2, -0.15) is 13.2 Å². The predicted octanol–water partition coefficient (Wildman–Crippen LogP) is 3.35. The average Bonchev–Trinajstić information content (AvgIpc) is 2.78. The van der Waals surface area contributed by atoms with Gasteiger partial charge < -0.3 is 5.32 Å². The van der Waals surface area contributed by atoms with Gasteiger partial charge in [0.05, 0.1) is 11.4 Å². The SMILES string of the molecule is FC(F)(F)C1CCC(NCc2cncs2)CC1. The second-order valence-electron chi connectivity index (χ2n) is 4.44. The molecular formula is C11H15F3N2S. The Morgan fingerprint density at radius 2 is 2.00 bits per heavy atom. The fourth-order valence-electron chi connectivity index (χ4n) is 2.20. The lowest BCUT2D eigenvalue weighted by Gasteiger charge is -2.30. The number of hydrogen-bond acceptors (Lipinski definition) is 3. The van der Waals surface area contributed by atoms with Gasteiger partial charge in [-0.25, -0.2) is 0 Å². The lowest BCUT2D eigenvalue weighted by molar-refractivity contribution is -0.182. The van der Waals surface area contributed by atoms with E-state index in [9.17, 15) is 13.2 Å². The molecule has 0 unspecified atom stereocenters. The maximum Gasteiger partial charge on any atom is 0.391 e. The molecule has 1 aromatic rings. The van der Waals surface area contributed by atoms with Crippen LogP contribution in [0, 0.1) is 5.92 Å². The maximum atomic E-state index is 12.5. The van der Waals surface area contributed by atoms with E-state index in [4.69, 9.17) is 0 Å². The predicted molar refractivity (Wildman–Crippen MR) is 60.8 cm³/mol. The van der Waals surface area contributed by atoms with Crippen LogP contribution in [0.3, 0.4) is 0 Å². The quantitative estimate of drug-likeness (QED) is 0.905. The molecule has 0 saturated heterocycles. The summed E-state index contributed by atoms with van der Waals surface area (Å²) in [5.74, 6) is -1.09. The molecule has 1 N–H and O–H groups in total. The van der Waals surface area contributed by atoms with Crippen molar-refractivity contribution in [1.29, 1.82) is 0 Å². The van der Waals surface area contributed by atoms with Gasteiger partial charge in [0.25, 0.3) is 0 Å². The average molecular weight is 264 g/mol. The first-order valence-corrected chi connectivity index (χ1v) is 6.61. The van der Waals surface area contributed by atoms with E-state index >= 15 is 0 Å². The van der Waals surface area contributed by atoms with Gasteiger partial charge in [0, 0.05) is 23.7 Å². The number of nitrogens with one attached hydrogen (secondary N) is 1. The monoisotopic (exact) mass is 264 g/mol.